The molecule has 1 aromatic carbocycles. The van der Waals surface area contributed by atoms with Crippen molar-refractivity contribution in [3.8, 4) is 0 Å². The van der Waals surface area contributed by atoms with Crippen molar-refractivity contribution in [1.29, 1.82) is 0 Å². The fourth-order valence-corrected chi connectivity index (χ4v) is 2.44. The summed E-state index contributed by atoms with van der Waals surface area (Å²) in [4.78, 5) is 0. The summed E-state index contributed by atoms with van der Waals surface area (Å²) in [5.74, 6) is 0. The first-order chi connectivity index (χ1) is 6.88. The number of halogens is 1. The molecule has 1 atom stereocenters. The first kappa shape index (κ1) is 10.8. The predicted molar refractivity (Wildman–Crippen MR) is 66.8 cm³/mol. The fourth-order valence-electron chi connectivity index (χ4n) is 2.15. The van der Waals surface area contributed by atoms with Gasteiger partial charge in [0.25, 0.3) is 0 Å². The Balaban J connectivity index is 2.35. The van der Waals surface area contributed by atoms with E-state index in [0.29, 0.717) is 6.04 Å². The zero-order chi connectivity index (χ0) is 11.2. The maximum atomic E-state index is 6.06. The molecule has 1 aromatic rings. The third-order valence-electron chi connectivity index (χ3n) is 3.17. The van der Waals surface area contributed by atoms with Crippen molar-refractivity contribution < 1.29 is 0 Å². The summed E-state index contributed by atoms with van der Waals surface area (Å²) in [5.41, 5.74) is 4.20. The molecule has 15 heavy (non-hydrogen) atoms. The van der Waals surface area contributed by atoms with Gasteiger partial charge in [0.15, 0.2) is 0 Å². The van der Waals surface area contributed by atoms with Crippen molar-refractivity contribution in [2.24, 2.45) is 5.41 Å². The van der Waals surface area contributed by atoms with Gasteiger partial charge in [-0.1, -0.05) is 32.4 Å². The van der Waals surface area contributed by atoms with Gasteiger partial charge in [-0.3, -0.25) is 0 Å². The van der Waals surface area contributed by atoms with Gasteiger partial charge < -0.3 is 5.32 Å². The number of anilines is 1. The zero-order valence-corrected chi connectivity index (χ0v) is 10.6. The molecule has 0 fully saturated rings. The number of nitrogens with one attached hydrogen (secondary N) is 1. The molecule has 0 aromatic heterocycles. The summed E-state index contributed by atoms with van der Waals surface area (Å²) in [7, 11) is 0. The summed E-state index contributed by atoms with van der Waals surface area (Å²) in [6.07, 6.45) is 1.08. The van der Waals surface area contributed by atoms with Crippen LogP contribution in [0.5, 0.6) is 0 Å². The average Bonchev–Trinajstić information content (AvgIpc) is 2.46. The van der Waals surface area contributed by atoms with Crippen molar-refractivity contribution in [2.75, 3.05) is 5.32 Å². The Labute approximate surface area is 96.8 Å². The average molecular weight is 224 g/mol. The van der Waals surface area contributed by atoms with E-state index >= 15 is 0 Å². The third kappa shape index (κ3) is 1.98. The maximum Gasteiger partial charge on any atom is 0.0412 e. The SMILES string of the molecule is Cc1cc(Cl)cc2c1NC(C(C)(C)C)C2. The van der Waals surface area contributed by atoms with Crippen LogP contribution in [0.1, 0.15) is 31.9 Å². The van der Waals surface area contributed by atoms with Crippen molar-refractivity contribution in [3.05, 3.63) is 28.3 Å². The lowest BCUT2D eigenvalue weighted by molar-refractivity contribution is 0.347. The first-order valence-electron chi connectivity index (χ1n) is 5.43. The quantitative estimate of drug-likeness (QED) is 0.700. The van der Waals surface area contributed by atoms with Crippen molar-refractivity contribution in [3.63, 3.8) is 0 Å². The number of aryl methyl sites for hydroxylation is 1. The van der Waals surface area contributed by atoms with E-state index < -0.39 is 0 Å². The molecule has 0 amide bonds. The molecule has 0 bridgehead atoms. The zero-order valence-electron chi connectivity index (χ0n) is 9.82. The van der Waals surface area contributed by atoms with Gasteiger partial charge in [0.2, 0.25) is 0 Å². The Hall–Kier alpha value is -0.690. The summed E-state index contributed by atoms with van der Waals surface area (Å²) in [6, 6.07) is 4.63. The largest absolute Gasteiger partial charge is 0.381 e. The second kappa shape index (κ2) is 3.41. The minimum Gasteiger partial charge on any atom is -0.381 e. The molecule has 82 valence electrons. The predicted octanol–water partition coefficient (Wildman–Crippen LogP) is 4.03. The second-order valence-corrected chi connectivity index (χ2v) is 5.96. The Bertz CT molecular complexity index is 390. The molecule has 0 radical (unpaired) electrons. The molecular weight excluding hydrogens is 206 g/mol. The van der Waals surface area contributed by atoms with Crippen molar-refractivity contribution in [1.82, 2.24) is 0 Å². The topological polar surface area (TPSA) is 12.0 Å². The van der Waals surface area contributed by atoms with E-state index in [1.54, 1.807) is 0 Å². The fraction of sp³-hybridized carbons (Fsp3) is 0.538. The van der Waals surface area contributed by atoms with Crippen LogP contribution >= 0.6 is 11.6 Å². The minimum atomic E-state index is 0.290. The number of fused-ring (bicyclic) bond motifs is 1. The van der Waals surface area contributed by atoms with E-state index in [1.807, 2.05) is 6.07 Å². The maximum absolute atomic E-state index is 6.06. The van der Waals surface area contributed by atoms with Crippen LogP contribution in [-0.2, 0) is 6.42 Å². The van der Waals surface area contributed by atoms with Gasteiger partial charge in [-0.05, 0) is 42.0 Å². The summed E-state index contributed by atoms with van der Waals surface area (Å²) < 4.78 is 0. The van der Waals surface area contributed by atoms with E-state index in [2.05, 4.69) is 39.1 Å². The van der Waals surface area contributed by atoms with Gasteiger partial charge in [-0.25, -0.2) is 0 Å². The number of rotatable bonds is 0. The number of hydrogen-bond acceptors (Lipinski definition) is 1. The van der Waals surface area contributed by atoms with Gasteiger partial charge >= 0.3 is 0 Å². The minimum absolute atomic E-state index is 0.290. The third-order valence-corrected chi connectivity index (χ3v) is 3.39. The van der Waals surface area contributed by atoms with Crippen molar-refractivity contribution in [2.45, 2.75) is 40.2 Å². The van der Waals surface area contributed by atoms with E-state index in [9.17, 15) is 0 Å². The molecule has 1 aliphatic heterocycles. The second-order valence-electron chi connectivity index (χ2n) is 5.52. The number of hydrogen-bond donors (Lipinski definition) is 1. The van der Waals surface area contributed by atoms with E-state index in [-0.39, 0.29) is 5.41 Å². The van der Waals surface area contributed by atoms with Crippen LogP contribution in [0.25, 0.3) is 0 Å². The molecule has 1 N–H and O–H groups in total. The molecule has 1 aliphatic rings. The molecular formula is C13H18ClN. The molecule has 1 heterocycles. The highest BCUT2D eigenvalue weighted by Gasteiger charge is 2.31. The monoisotopic (exact) mass is 223 g/mol. The first-order valence-corrected chi connectivity index (χ1v) is 5.81. The van der Waals surface area contributed by atoms with E-state index in [1.165, 1.54) is 16.8 Å². The highest BCUT2D eigenvalue weighted by atomic mass is 35.5. The summed E-state index contributed by atoms with van der Waals surface area (Å²) >= 11 is 6.06. The van der Waals surface area contributed by atoms with Gasteiger partial charge in [0, 0.05) is 16.8 Å². The van der Waals surface area contributed by atoms with E-state index in [4.69, 9.17) is 11.6 Å². The Morgan fingerprint density at radius 2 is 2.00 bits per heavy atom. The standard InChI is InChI=1S/C13H18ClN/c1-8-5-10(14)6-9-7-11(13(2,3)4)15-12(8)9/h5-6,11,15H,7H2,1-4H3. The van der Waals surface area contributed by atoms with E-state index in [0.717, 1.165) is 11.4 Å². The molecule has 0 saturated heterocycles. The van der Waals surface area contributed by atoms with Crippen LogP contribution in [0.2, 0.25) is 5.02 Å². The lowest BCUT2D eigenvalue weighted by Crippen LogP contribution is -2.31. The highest BCUT2D eigenvalue weighted by molar-refractivity contribution is 6.30. The van der Waals surface area contributed by atoms with Crippen LogP contribution in [0.15, 0.2) is 12.1 Å². The molecule has 1 nitrogen and oxygen atoms in total. The normalized spacial score (nSPS) is 19.9. The molecule has 0 spiro atoms. The van der Waals surface area contributed by atoms with Crippen LogP contribution in [-0.4, -0.2) is 6.04 Å². The van der Waals surface area contributed by atoms with Crippen LogP contribution in [0.4, 0.5) is 5.69 Å². The molecule has 1 unspecified atom stereocenters. The van der Waals surface area contributed by atoms with Gasteiger partial charge in [0.05, 0.1) is 0 Å². The molecule has 2 heteroatoms. The lowest BCUT2D eigenvalue weighted by Gasteiger charge is -2.27. The number of benzene rings is 1. The molecule has 0 saturated carbocycles. The Morgan fingerprint density at radius 3 is 2.60 bits per heavy atom. The smallest absolute Gasteiger partial charge is 0.0412 e. The van der Waals surface area contributed by atoms with Gasteiger partial charge in [-0.2, -0.15) is 0 Å². The Kier molecular flexibility index (Phi) is 2.46. The van der Waals surface area contributed by atoms with Gasteiger partial charge in [0.1, 0.15) is 0 Å². The van der Waals surface area contributed by atoms with Crippen molar-refractivity contribution >= 4 is 17.3 Å². The molecule has 2 rings (SSSR count). The molecule has 0 aliphatic carbocycles. The van der Waals surface area contributed by atoms with Crippen LogP contribution in [0, 0.1) is 12.3 Å². The van der Waals surface area contributed by atoms with Crippen LogP contribution < -0.4 is 5.32 Å². The lowest BCUT2D eigenvalue weighted by atomic mass is 9.85. The van der Waals surface area contributed by atoms with Gasteiger partial charge in [-0.15, -0.1) is 0 Å². The highest BCUT2D eigenvalue weighted by Crippen LogP contribution is 2.37. The summed E-state index contributed by atoms with van der Waals surface area (Å²) in [6.45, 7) is 8.93. The summed E-state index contributed by atoms with van der Waals surface area (Å²) in [5, 5.41) is 4.46. The van der Waals surface area contributed by atoms with Crippen LogP contribution in [0.3, 0.4) is 0 Å². The Morgan fingerprint density at radius 1 is 1.33 bits per heavy atom.